The monoisotopic (exact) mass is 265 g/mol. The second-order valence-corrected chi connectivity index (χ2v) is 5.58. The van der Waals surface area contributed by atoms with E-state index >= 15 is 0 Å². The van der Waals surface area contributed by atoms with Gasteiger partial charge in [0.05, 0.1) is 0 Å². The molecule has 0 bridgehead atoms. The number of ether oxygens (including phenoxy) is 1. The summed E-state index contributed by atoms with van der Waals surface area (Å²) in [7, 11) is 0. The summed E-state index contributed by atoms with van der Waals surface area (Å²) in [6.07, 6.45) is 6.76. The molecule has 20 heavy (non-hydrogen) atoms. The van der Waals surface area contributed by atoms with Gasteiger partial charge in [-0.05, 0) is 36.6 Å². The molecular weight excluding hydrogens is 244 g/mol. The van der Waals surface area contributed by atoms with Crippen molar-refractivity contribution < 1.29 is 4.74 Å². The van der Waals surface area contributed by atoms with Crippen LogP contribution >= 0.6 is 0 Å². The summed E-state index contributed by atoms with van der Waals surface area (Å²) in [5.41, 5.74) is 1.28. The van der Waals surface area contributed by atoms with Crippen LogP contribution in [-0.2, 0) is 0 Å². The van der Waals surface area contributed by atoms with E-state index in [1.165, 1.54) is 37.7 Å². The van der Waals surface area contributed by atoms with Crippen LogP contribution in [0.5, 0.6) is 5.75 Å². The highest BCUT2D eigenvalue weighted by Crippen LogP contribution is 2.37. The van der Waals surface area contributed by atoms with Crippen molar-refractivity contribution >= 4 is 0 Å². The highest BCUT2D eigenvalue weighted by atomic mass is 16.5. The number of hydrogen-bond donors (Lipinski definition) is 0. The van der Waals surface area contributed by atoms with E-state index in [1.807, 2.05) is 42.5 Å². The third-order valence-corrected chi connectivity index (χ3v) is 4.16. The molecule has 1 saturated carbocycles. The molecule has 2 aromatic rings. The third kappa shape index (κ3) is 3.22. The Morgan fingerprint density at radius 1 is 0.900 bits per heavy atom. The van der Waals surface area contributed by atoms with Crippen molar-refractivity contribution in [3.63, 3.8) is 0 Å². The van der Waals surface area contributed by atoms with E-state index in [2.05, 4.69) is 18.2 Å². The van der Waals surface area contributed by atoms with Gasteiger partial charge in [-0.15, -0.1) is 0 Å². The number of hydrogen-bond acceptors (Lipinski definition) is 1. The molecule has 2 aromatic carbocycles. The molecule has 1 nitrogen and oxygen atoms in total. The standard InChI is InChI=1S/C19H21O/c1-4-10-16(11-5-1)19(17-12-6-2-7-13-17)20-18-14-8-3-9-15-18/h3,6-9,12-16,19H,1,4-5,10-11H2/t19-/m0/s1. The van der Waals surface area contributed by atoms with Crippen LogP contribution in [0, 0.1) is 12.0 Å². The summed E-state index contributed by atoms with van der Waals surface area (Å²) in [5, 5.41) is 0. The zero-order chi connectivity index (χ0) is 13.6. The van der Waals surface area contributed by atoms with E-state index in [0.717, 1.165) is 5.75 Å². The van der Waals surface area contributed by atoms with Gasteiger partial charge in [0.25, 0.3) is 0 Å². The Kier molecular flexibility index (Phi) is 4.37. The first-order valence-corrected chi connectivity index (χ1v) is 7.61. The second-order valence-electron chi connectivity index (χ2n) is 5.58. The van der Waals surface area contributed by atoms with Gasteiger partial charge in [-0.25, -0.2) is 0 Å². The van der Waals surface area contributed by atoms with Crippen LogP contribution in [0.3, 0.4) is 0 Å². The SMILES string of the molecule is [c]1ccc([C@@H](Oc2ccccc2)C2CCCCC2)cc1. The number of rotatable bonds is 4. The summed E-state index contributed by atoms with van der Waals surface area (Å²) in [6.45, 7) is 0. The minimum atomic E-state index is 0.173. The molecule has 0 aliphatic heterocycles. The van der Waals surface area contributed by atoms with Crippen LogP contribution in [0.4, 0.5) is 0 Å². The summed E-state index contributed by atoms with van der Waals surface area (Å²) in [6, 6.07) is 21.5. The molecule has 0 amide bonds. The van der Waals surface area contributed by atoms with Crippen molar-refractivity contribution in [2.75, 3.05) is 0 Å². The van der Waals surface area contributed by atoms with E-state index in [9.17, 15) is 0 Å². The molecular formula is C19H21O. The van der Waals surface area contributed by atoms with Crippen LogP contribution in [0.15, 0.2) is 54.6 Å². The Labute approximate surface area is 121 Å². The quantitative estimate of drug-likeness (QED) is 0.739. The van der Waals surface area contributed by atoms with Gasteiger partial charge in [0, 0.05) is 5.92 Å². The normalized spacial score (nSPS) is 17.6. The molecule has 1 aliphatic rings. The van der Waals surface area contributed by atoms with Crippen LogP contribution in [0.2, 0.25) is 0 Å². The van der Waals surface area contributed by atoms with Gasteiger partial charge in [-0.2, -0.15) is 0 Å². The lowest BCUT2D eigenvalue weighted by Crippen LogP contribution is -2.21. The van der Waals surface area contributed by atoms with Crippen LogP contribution in [0.25, 0.3) is 0 Å². The fourth-order valence-electron chi connectivity index (χ4n) is 3.11. The zero-order valence-corrected chi connectivity index (χ0v) is 11.8. The number of benzene rings is 2. The molecule has 0 saturated heterocycles. The molecule has 3 rings (SSSR count). The van der Waals surface area contributed by atoms with Gasteiger partial charge in [0.15, 0.2) is 0 Å². The Hall–Kier alpha value is -1.76. The first-order valence-electron chi connectivity index (χ1n) is 7.61. The first kappa shape index (κ1) is 13.2. The Balaban J connectivity index is 1.83. The van der Waals surface area contributed by atoms with E-state index < -0.39 is 0 Å². The molecule has 1 aliphatic carbocycles. The summed E-state index contributed by atoms with van der Waals surface area (Å²) >= 11 is 0. The van der Waals surface area contributed by atoms with Gasteiger partial charge in [-0.3, -0.25) is 0 Å². The van der Waals surface area contributed by atoms with Crippen molar-refractivity contribution in [3.05, 3.63) is 66.2 Å². The van der Waals surface area contributed by atoms with E-state index in [0.29, 0.717) is 5.92 Å². The predicted octanol–water partition coefficient (Wildman–Crippen LogP) is 5.19. The Morgan fingerprint density at radius 3 is 2.30 bits per heavy atom. The summed E-state index contributed by atoms with van der Waals surface area (Å²) in [4.78, 5) is 0. The average molecular weight is 265 g/mol. The fourth-order valence-corrected chi connectivity index (χ4v) is 3.11. The molecule has 0 N–H and O–H groups in total. The minimum Gasteiger partial charge on any atom is -0.485 e. The molecule has 1 fully saturated rings. The minimum absolute atomic E-state index is 0.173. The van der Waals surface area contributed by atoms with Gasteiger partial charge >= 0.3 is 0 Å². The smallest absolute Gasteiger partial charge is 0.127 e. The maximum absolute atomic E-state index is 6.33. The van der Waals surface area contributed by atoms with Crippen LogP contribution in [0.1, 0.15) is 43.8 Å². The third-order valence-electron chi connectivity index (χ3n) is 4.16. The Bertz CT molecular complexity index is 500. The summed E-state index contributed by atoms with van der Waals surface area (Å²) in [5.74, 6) is 1.60. The van der Waals surface area contributed by atoms with Crippen molar-refractivity contribution in [1.82, 2.24) is 0 Å². The largest absolute Gasteiger partial charge is 0.485 e. The van der Waals surface area contributed by atoms with E-state index in [4.69, 9.17) is 4.74 Å². The second kappa shape index (κ2) is 6.60. The first-order chi connectivity index (χ1) is 9.93. The van der Waals surface area contributed by atoms with Gasteiger partial charge in [0.1, 0.15) is 11.9 Å². The number of para-hydroxylation sites is 1. The fraction of sp³-hybridized carbons (Fsp3) is 0.368. The van der Waals surface area contributed by atoms with Gasteiger partial charge in [-0.1, -0.05) is 61.7 Å². The van der Waals surface area contributed by atoms with Crippen molar-refractivity contribution in [2.45, 2.75) is 38.2 Å². The van der Waals surface area contributed by atoms with Crippen molar-refractivity contribution in [3.8, 4) is 5.75 Å². The molecule has 103 valence electrons. The van der Waals surface area contributed by atoms with Crippen molar-refractivity contribution in [2.24, 2.45) is 5.92 Å². The molecule has 0 unspecified atom stereocenters. The molecule has 1 heteroatoms. The lowest BCUT2D eigenvalue weighted by atomic mass is 9.82. The predicted molar refractivity (Wildman–Crippen MR) is 81.7 cm³/mol. The Morgan fingerprint density at radius 2 is 1.60 bits per heavy atom. The maximum atomic E-state index is 6.33. The van der Waals surface area contributed by atoms with Gasteiger partial charge < -0.3 is 4.74 Å². The van der Waals surface area contributed by atoms with Crippen LogP contribution < -0.4 is 4.74 Å². The van der Waals surface area contributed by atoms with Crippen LogP contribution in [-0.4, -0.2) is 0 Å². The topological polar surface area (TPSA) is 9.23 Å². The van der Waals surface area contributed by atoms with Crippen molar-refractivity contribution in [1.29, 1.82) is 0 Å². The van der Waals surface area contributed by atoms with Gasteiger partial charge in [0.2, 0.25) is 0 Å². The molecule has 0 aromatic heterocycles. The average Bonchev–Trinajstić information content (AvgIpc) is 2.55. The lowest BCUT2D eigenvalue weighted by molar-refractivity contribution is 0.108. The molecule has 1 radical (unpaired) electrons. The maximum Gasteiger partial charge on any atom is 0.127 e. The lowest BCUT2D eigenvalue weighted by Gasteiger charge is -2.31. The van der Waals surface area contributed by atoms with E-state index in [-0.39, 0.29) is 6.10 Å². The molecule has 1 atom stereocenters. The molecule has 0 spiro atoms. The highest BCUT2D eigenvalue weighted by molar-refractivity contribution is 5.24. The zero-order valence-electron chi connectivity index (χ0n) is 11.8. The highest BCUT2D eigenvalue weighted by Gasteiger charge is 2.26. The summed E-state index contributed by atoms with van der Waals surface area (Å²) < 4.78 is 6.33. The van der Waals surface area contributed by atoms with E-state index in [1.54, 1.807) is 0 Å². The molecule has 0 heterocycles.